The standard InChI is InChI=1S/C19H16.C9H14/c1-15-7-9-17(10-8-15)19-13-11-18(12-14-19)16-5-3-2-4-6-16;1-4-7-9(6-3)8-5-2/h2-14H,1H3;4,6-7H,1,3,5,8H2,2H3/b;9-7+. The van der Waals surface area contributed by atoms with Crippen LogP contribution in [0.1, 0.15) is 25.3 Å². The first-order valence-electron chi connectivity index (χ1n) is 9.84. The molecule has 0 aliphatic rings. The fourth-order valence-corrected chi connectivity index (χ4v) is 2.93. The third kappa shape index (κ3) is 6.55. The molecular weight excluding hydrogens is 336 g/mol. The van der Waals surface area contributed by atoms with Gasteiger partial charge in [-0.05, 0) is 41.2 Å². The van der Waals surface area contributed by atoms with Crippen molar-refractivity contribution in [3.63, 3.8) is 0 Å². The van der Waals surface area contributed by atoms with Crippen molar-refractivity contribution >= 4 is 0 Å². The van der Waals surface area contributed by atoms with Gasteiger partial charge in [-0.2, -0.15) is 0 Å². The van der Waals surface area contributed by atoms with Crippen LogP contribution in [0.5, 0.6) is 0 Å². The van der Waals surface area contributed by atoms with E-state index in [-0.39, 0.29) is 0 Å². The molecule has 3 aromatic rings. The van der Waals surface area contributed by atoms with E-state index in [4.69, 9.17) is 0 Å². The molecule has 0 atom stereocenters. The van der Waals surface area contributed by atoms with Gasteiger partial charge in [0, 0.05) is 0 Å². The van der Waals surface area contributed by atoms with Gasteiger partial charge in [0.05, 0.1) is 0 Å². The van der Waals surface area contributed by atoms with Crippen LogP contribution in [-0.2, 0) is 0 Å². The quantitative estimate of drug-likeness (QED) is 0.384. The third-order valence-electron chi connectivity index (χ3n) is 4.51. The third-order valence-corrected chi connectivity index (χ3v) is 4.51. The van der Waals surface area contributed by atoms with E-state index in [2.05, 4.69) is 99.8 Å². The maximum Gasteiger partial charge on any atom is -0.0184 e. The van der Waals surface area contributed by atoms with Crippen molar-refractivity contribution in [2.24, 2.45) is 0 Å². The highest BCUT2D eigenvalue weighted by atomic mass is 14.0. The normalized spacial score (nSPS) is 10.6. The average molecular weight is 367 g/mol. The monoisotopic (exact) mass is 366 g/mol. The average Bonchev–Trinajstić information content (AvgIpc) is 2.75. The Morgan fingerprint density at radius 3 is 1.61 bits per heavy atom. The zero-order valence-corrected chi connectivity index (χ0v) is 17.1. The summed E-state index contributed by atoms with van der Waals surface area (Å²) in [6.07, 6.45) is 7.95. The van der Waals surface area contributed by atoms with Crippen LogP contribution in [-0.4, -0.2) is 0 Å². The Hall–Kier alpha value is -3.12. The van der Waals surface area contributed by atoms with Gasteiger partial charge < -0.3 is 0 Å². The smallest absolute Gasteiger partial charge is 0.0184 e. The van der Waals surface area contributed by atoms with Crippen LogP contribution in [0.25, 0.3) is 22.3 Å². The first-order chi connectivity index (χ1) is 13.7. The van der Waals surface area contributed by atoms with E-state index in [1.165, 1.54) is 39.8 Å². The van der Waals surface area contributed by atoms with Crippen LogP contribution in [0.2, 0.25) is 0 Å². The summed E-state index contributed by atoms with van der Waals surface area (Å²) in [5.41, 5.74) is 7.62. The summed E-state index contributed by atoms with van der Waals surface area (Å²) in [6, 6.07) is 27.9. The number of hydrogen-bond acceptors (Lipinski definition) is 0. The van der Waals surface area contributed by atoms with Gasteiger partial charge in [0.15, 0.2) is 0 Å². The van der Waals surface area contributed by atoms with E-state index >= 15 is 0 Å². The number of benzene rings is 3. The number of hydrogen-bond donors (Lipinski definition) is 0. The lowest BCUT2D eigenvalue weighted by Gasteiger charge is -2.05. The minimum absolute atomic E-state index is 1.11. The van der Waals surface area contributed by atoms with Crippen LogP contribution in [0.3, 0.4) is 0 Å². The SMILES string of the molecule is C=C/C=C(\C=C)CCC.Cc1ccc(-c2ccc(-c3ccccc3)cc2)cc1. The Kier molecular flexibility index (Phi) is 8.75. The molecule has 0 radical (unpaired) electrons. The zero-order chi connectivity index (χ0) is 20.2. The molecule has 0 unspecified atom stereocenters. The van der Waals surface area contributed by atoms with Crippen molar-refractivity contribution in [3.8, 4) is 22.3 Å². The Morgan fingerprint density at radius 1 is 0.714 bits per heavy atom. The number of rotatable bonds is 6. The molecule has 0 nitrogen and oxygen atoms in total. The summed E-state index contributed by atoms with van der Waals surface area (Å²) in [7, 11) is 0. The lowest BCUT2D eigenvalue weighted by molar-refractivity contribution is 0.927. The van der Waals surface area contributed by atoms with E-state index in [0.717, 1.165) is 6.42 Å². The van der Waals surface area contributed by atoms with Crippen LogP contribution in [0, 0.1) is 6.92 Å². The molecule has 0 aromatic heterocycles. The fraction of sp³-hybridized carbons (Fsp3) is 0.143. The number of aryl methyl sites for hydroxylation is 1. The second-order valence-electron chi connectivity index (χ2n) is 6.74. The Labute approximate surface area is 170 Å². The molecule has 0 aliphatic carbocycles. The highest BCUT2D eigenvalue weighted by molar-refractivity contribution is 5.70. The molecule has 0 bridgehead atoms. The van der Waals surface area contributed by atoms with Crippen LogP contribution in [0.15, 0.2) is 116 Å². The van der Waals surface area contributed by atoms with Gasteiger partial charge in [0.1, 0.15) is 0 Å². The first-order valence-corrected chi connectivity index (χ1v) is 9.84. The molecule has 0 heterocycles. The minimum Gasteiger partial charge on any atom is -0.0991 e. The van der Waals surface area contributed by atoms with Crippen molar-refractivity contribution in [1.82, 2.24) is 0 Å². The molecule has 3 rings (SSSR count). The fourth-order valence-electron chi connectivity index (χ4n) is 2.93. The van der Waals surface area contributed by atoms with Crippen LogP contribution < -0.4 is 0 Å². The van der Waals surface area contributed by atoms with Crippen molar-refractivity contribution in [3.05, 3.63) is 121 Å². The van der Waals surface area contributed by atoms with E-state index in [0.29, 0.717) is 0 Å². The van der Waals surface area contributed by atoms with Gasteiger partial charge in [-0.1, -0.05) is 129 Å². The molecule has 0 N–H and O–H groups in total. The molecule has 0 fully saturated rings. The van der Waals surface area contributed by atoms with E-state index in [9.17, 15) is 0 Å². The summed E-state index contributed by atoms with van der Waals surface area (Å²) >= 11 is 0. The largest absolute Gasteiger partial charge is 0.0991 e. The molecule has 28 heavy (non-hydrogen) atoms. The van der Waals surface area contributed by atoms with E-state index in [1.54, 1.807) is 6.08 Å². The maximum absolute atomic E-state index is 3.68. The predicted octanol–water partition coefficient (Wildman–Crippen LogP) is 8.41. The van der Waals surface area contributed by atoms with E-state index in [1.807, 2.05) is 18.2 Å². The molecule has 0 spiro atoms. The Morgan fingerprint density at radius 2 is 1.18 bits per heavy atom. The van der Waals surface area contributed by atoms with Crippen LogP contribution in [0.4, 0.5) is 0 Å². The van der Waals surface area contributed by atoms with Gasteiger partial charge in [-0.25, -0.2) is 0 Å². The maximum atomic E-state index is 3.68. The van der Waals surface area contributed by atoms with Gasteiger partial charge >= 0.3 is 0 Å². The highest BCUT2D eigenvalue weighted by Gasteiger charge is 1.99. The second kappa shape index (κ2) is 11.6. The summed E-state index contributed by atoms with van der Waals surface area (Å²) in [5.74, 6) is 0. The summed E-state index contributed by atoms with van der Waals surface area (Å²) in [5, 5.41) is 0. The molecule has 3 aromatic carbocycles. The van der Waals surface area contributed by atoms with Gasteiger partial charge in [0.2, 0.25) is 0 Å². The summed E-state index contributed by atoms with van der Waals surface area (Å²) < 4.78 is 0. The minimum atomic E-state index is 1.11. The lowest BCUT2D eigenvalue weighted by Crippen LogP contribution is -1.80. The summed E-state index contributed by atoms with van der Waals surface area (Å²) in [4.78, 5) is 0. The molecule has 0 saturated heterocycles. The topological polar surface area (TPSA) is 0 Å². The Balaban J connectivity index is 0.000000266. The lowest BCUT2D eigenvalue weighted by atomic mass is 10.00. The van der Waals surface area contributed by atoms with Gasteiger partial charge in [-0.15, -0.1) is 0 Å². The molecule has 0 amide bonds. The Bertz CT molecular complexity index is 879. The first kappa shape index (κ1) is 21.2. The van der Waals surface area contributed by atoms with Crippen molar-refractivity contribution in [1.29, 1.82) is 0 Å². The van der Waals surface area contributed by atoms with Crippen molar-refractivity contribution < 1.29 is 0 Å². The summed E-state index contributed by atoms with van der Waals surface area (Å²) in [6.45, 7) is 11.6. The van der Waals surface area contributed by atoms with Crippen molar-refractivity contribution in [2.45, 2.75) is 26.7 Å². The molecule has 0 heteroatoms. The number of allylic oxidation sites excluding steroid dienone is 4. The molecule has 142 valence electrons. The second-order valence-corrected chi connectivity index (χ2v) is 6.74. The predicted molar refractivity (Wildman–Crippen MR) is 125 cm³/mol. The highest BCUT2D eigenvalue weighted by Crippen LogP contribution is 2.24. The molecule has 0 aliphatic heterocycles. The molecular formula is C28H30. The van der Waals surface area contributed by atoms with Crippen molar-refractivity contribution in [2.75, 3.05) is 0 Å². The molecule has 0 saturated carbocycles. The van der Waals surface area contributed by atoms with Crippen LogP contribution >= 0.6 is 0 Å². The van der Waals surface area contributed by atoms with E-state index < -0.39 is 0 Å². The van der Waals surface area contributed by atoms with Gasteiger partial charge in [0.25, 0.3) is 0 Å². The zero-order valence-electron chi connectivity index (χ0n) is 17.1. The van der Waals surface area contributed by atoms with Gasteiger partial charge in [-0.3, -0.25) is 0 Å².